The first kappa shape index (κ1) is 23.8. The van der Waals surface area contributed by atoms with Gasteiger partial charge in [0.15, 0.2) is 10.9 Å². The van der Waals surface area contributed by atoms with Gasteiger partial charge in [-0.3, -0.25) is 4.68 Å². The van der Waals surface area contributed by atoms with Gasteiger partial charge in [-0.25, -0.2) is 4.79 Å². The molecule has 0 amide bonds. The van der Waals surface area contributed by atoms with Crippen LogP contribution in [0.15, 0.2) is 24.4 Å². The number of ether oxygens (including phenoxy) is 1. The van der Waals surface area contributed by atoms with E-state index < -0.39 is 5.97 Å². The summed E-state index contributed by atoms with van der Waals surface area (Å²) in [6.45, 7) is 4.35. The van der Waals surface area contributed by atoms with E-state index in [-0.39, 0.29) is 5.11 Å². The number of halogens is 3. The highest BCUT2D eigenvalue weighted by Crippen LogP contribution is 2.34. The summed E-state index contributed by atoms with van der Waals surface area (Å²) in [5.41, 5.74) is 2.27. The normalized spacial score (nSPS) is 10.8. The maximum Gasteiger partial charge on any atom is 0.341 e. The molecule has 0 aliphatic heterocycles. The molecule has 2 aromatic heterocycles. The van der Waals surface area contributed by atoms with E-state index in [9.17, 15) is 4.79 Å². The molecule has 2 N–H and O–H groups in total. The molecule has 0 unspecified atom stereocenters. The van der Waals surface area contributed by atoms with Crippen LogP contribution in [0, 0.1) is 6.92 Å². The number of methoxy groups -OCH3 is 1. The van der Waals surface area contributed by atoms with Crippen LogP contribution in [0.5, 0.6) is 0 Å². The molecule has 2 heterocycles. The molecular weight excluding hydrogens is 499 g/mol. The number of nitrogens with zero attached hydrogens (tertiary/aromatic N) is 2. The molecule has 0 aliphatic carbocycles. The predicted molar refractivity (Wildman–Crippen MR) is 132 cm³/mol. The second-order valence-corrected chi connectivity index (χ2v) is 9.41. The van der Waals surface area contributed by atoms with Crippen molar-refractivity contribution in [3.63, 3.8) is 0 Å². The Morgan fingerprint density at radius 3 is 2.65 bits per heavy atom. The lowest BCUT2D eigenvalue weighted by Crippen LogP contribution is -2.21. The number of hydrogen-bond acceptors (Lipinski definition) is 5. The molecule has 0 atom stereocenters. The van der Waals surface area contributed by atoms with E-state index in [1.165, 1.54) is 18.4 Å². The number of hydrogen-bond donors (Lipinski definition) is 2. The van der Waals surface area contributed by atoms with E-state index in [2.05, 4.69) is 15.7 Å². The summed E-state index contributed by atoms with van der Waals surface area (Å²) in [6, 6.07) is 5.27. The third kappa shape index (κ3) is 5.51. The number of anilines is 2. The van der Waals surface area contributed by atoms with E-state index in [1.54, 1.807) is 23.0 Å². The highest BCUT2D eigenvalue weighted by Gasteiger charge is 2.22. The Kier molecular flexibility index (Phi) is 7.82. The molecular formula is C20H19Cl3N4O2S2. The zero-order chi connectivity index (χ0) is 22.7. The van der Waals surface area contributed by atoms with Gasteiger partial charge in [-0.15, -0.1) is 11.3 Å². The fraction of sp³-hybridized carbons (Fsp3) is 0.250. The maximum atomic E-state index is 12.3. The van der Waals surface area contributed by atoms with Crippen LogP contribution in [0.1, 0.15) is 33.3 Å². The number of carbonyl (C=O) groups excluding carboxylic acids is 1. The molecule has 3 aromatic rings. The first-order valence-corrected chi connectivity index (χ1v) is 11.5. The average Bonchev–Trinajstić information content (AvgIpc) is 3.21. The molecule has 0 saturated carbocycles. The van der Waals surface area contributed by atoms with Crippen molar-refractivity contribution in [1.29, 1.82) is 0 Å². The SMILES string of the molecule is CCc1c(C)sc(NC(=S)Nc2nn(Cc3ccc(Cl)cc3Cl)cc2Cl)c1C(=O)OC. The van der Waals surface area contributed by atoms with Crippen LogP contribution in [0.2, 0.25) is 15.1 Å². The second-order valence-electron chi connectivity index (χ2n) is 6.52. The Balaban J connectivity index is 1.75. The summed E-state index contributed by atoms with van der Waals surface area (Å²) < 4.78 is 6.58. The summed E-state index contributed by atoms with van der Waals surface area (Å²) in [6.07, 6.45) is 2.37. The number of aromatic nitrogens is 2. The lowest BCUT2D eigenvalue weighted by atomic mass is 10.1. The third-order valence-electron chi connectivity index (χ3n) is 4.48. The quantitative estimate of drug-likeness (QED) is 0.290. The number of thiophene rings is 1. The summed E-state index contributed by atoms with van der Waals surface area (Å²) >= 11 is 25.4. The van der Waals surface area contributed by atoms with E-state index in [1.807, 2.05) is 19.9 Å². The fourth-order valence-corrected chi connectivity index (χ4v) is 5.11. The Morgan fingerprint density at radius 1 is 1.26 bits per heavy atom. The molecule has 0 fully saturated rings. The van der Waals surface area contributed by atoms with Gasteiger partial charge in [-0.05, 0) is 48.8 Å². The molecule has 3 rings (SSSR count). The molecule has 0 bridgehead atoms. The van der Waals surface area contributed by atoms with Crippen LogP contribution in [0.4, 0.5) is 10.8 Å². The van der Waals surface area contributed by atoms with Crippen molar-refractivity contribution in [3.05, 3.63) is 61.0 Å². The number of thiocarbonyl (C=S) groups is 1. The summed E-state index contributed by atoms with van der Waals surface area (Å²) in [4.78, 5) is 13.3. The van der Waals surface area contributed by atoms with Gasteiger partial charge in [0.1, 0.15) is 10.0 Å². The Bertz CT molecular complexity index is 1140. The Morgan fingerprint density at radius 2 is 2.00 bits per heavy atom. The highest BCUT2D eigenvalue weighted by atomic mass is 35.5. The monoisotopic (exact) mass is 516 g/mol. The number of aryl methyl sites for hydroxylation is 1. The minimum atomic E-state index is -0.409. The van der Waals surface area contributed by atoms with Gasteiger partial charge in [0.2, 0.25) is 0 Å². The van der Waals surface area contributed by atoms with Crippen molar-refractivity contribution in [2.75, 3.05) is 17.7 Å². The van der Waals surface area contributed by atoms with Crippen molar-refractivity contribution in [1.82, 2.24) is 9.78 Å². The predicted octanol–water partition coefficient (Wildman–Crippen LogP) is 6.42. The van der Waals surface area contributed by atoms with Gasteiger partial charge in [0, 0.05) is 21.1 Å². The van der Waals surface area contributed by atoms with Crippen LogP contribution >= 0.6 is 58.4 Å². The van der Waals surface area contributed by atoms with Crippen LogP contribution in [0.3, 0.4) is 0 Å². The number of nitrogens with one attached hydrogen (secondary N) is 2. The molecule has 0 saturated heterocycles. The first-order valence-electron chi connectivity index (χ1n) is 9.18. The minimum Gasteiger partial charge on any atom is -0.465 e. The molecule has 0 spiro atoms. The molecule has 0 radical (unpaired) electrons. The average molecular weight is 518 g/mol. The second kappa shape index (κ2) is 10.2. The maximum absolute atomic E-state index is 12.3. The number of rotatable bonds is 6. The standard InChI is InChI=1S/C20H19Cl3N4O2S2/c1-4-13-10(2)31-18(16(13)19(28)29-3)25-20(30)24-17-15(23)9-27(26-17)8-11-5-6-12(21)7-14(11)22/h5-7,9H,4,8H2,1-3H3,(H2,24,25,26,30). The largest absolute Gasteiger partial charge is 0.465 e. The molecule has 0 aliphatic rings. The van der Waals surface area contributed by atoms with Crippen molar-refractivity contribution < 1.29 is 9.53 Å². The van der Waals surface area contributed by atoms with Crippen molar-refractivity contribution in [2.45, 2.75) is 26.8 Å². The van der Waals surface area contributed by atoms with Gasteiger partial charge in [0.25, 0.3) is 0 Å². The number of benzene rings is 1. The Hall–Kier alpha value is -1.84. The summed E-state index contributed by atoms with van der Waals surface area (Å²) in [5, 5.41) is 12.8. The topological polar surface area (TPSA) is 68.2 Å². The Labute approximate surface area is 204 Å². The van der Waals surface area contributed by atoms with Crippen LogP contribution in [-0.4, -0.2) is 28.0 Å². The van der Waals surface area contributed by atoms with Gasteiger partial charge in [-0.2, -0.15) is 5.10 Å². The smallest absolute Gasteiger partial charge is 0.341 e. The molecule has 1 aromatic carbocycles. The van der Waals surface area contributed by atoms with Crippen LogP contribution in [-0.2, 0) is 17.7 Å². The minimum absolute atomic E-state index is 0.255. The third-order valence-corrected chi connectivity index (χ3v) is 6.61. The molecule has 31 heavy (non-hydrogen) atoms. The molecule has 11 heteroatoms. The number of carbonyl (C=O) groups is 1. The first-order chi connectivity index (χ1) is 14.7. The van der Waals surface area contributed by atoms with Crippen molar-refractivity contribution in [3.8, 4) is 0 Å². The van der Waals surface area contributed by atoms with E-state index in [4.69, 9.17) is 51.8 Å². The fourth-order valence-electron chi connectivity index (χ4n) is 3.04. The summed E-state index contributed by atoms with van der Waals surface area (Å²) in [7, 11) is 1.36. The van der Waals surface area contributed by atoms with Crippen LogP contribution < -0.4 is 10.6 Å². The van der Waals surface area contributed by atoms with Gasteiger partial charge < -0.3 is 15.4 Å². The molecule has 164 valence electrons. The molecule has 6 nitrogen and oxygen atoms in total. The van der Waals surface area contributed by atoms with Crippen molar-refractivity contribution in [2.24, 2.45) is 0 Å². The van der Waals surface area contributed by atoms with Gasteiger partial charge in [0.05, 0.1) is 19.2 Å². The van der Waals surface area contributed by atoms with E-state index >= 15 is 0 Å². The van der Waals surface area contributed by atoms with Gasteiger partial charge >= 0.3 is 5.97 Å². The van der Waals surface area contributed by atoms with Crippen molar-refractivity contribution >= 4 is 80.3 Å². The zero-order valence-corrected chi connectivity index (χ0v) is 20.8. The lowest BCUT2D eigenvalue weighted by Gasteiger charge is -2.10. The van der Waals surface area contributed by atoms with E-state index in [0.717, 1.165) is 16.0 Å². The lowest BCUT2D eigenvalue weighted by molar-refractivity contribution is 0.0601. The zero-order valence-electron chi connectivity index (χ0n) is 16.9. The van der Waals surface area contributed by atoms with Gasteiger partial charge in [-0.1, -0.05) is 47.8 Å². The number of esters is 1. The van der Waals surface area contributed by atoms with E-state index in [0.29, 0.717) is 44.4 Å². The summed E-state index contributed by atoms with van der Waals surface area (Å²) in [5.74, 6) is -0.0264. The highest BCUT2D eigenvalue weighted by molar-refractivity contribution is 7.80. The van der Waals surface area contributed by atoms with Crippen LogP contribution in [0.25, 0.3) is 0 Å².